The zero-order chi connectivity index (χ0) is 25.9. The number of hydrogen-bond donors (Lipinski definition) is 0. The molecule has 2 heterocycles. The van der Waals surface area contributed by atoms with Gasteiger partial charge in [0.1, 0.15) is 0 Å². The first-order valence-corrected chi connectivity index (χ1v) is 11.6. The molecule has 10 nitrogen and oxygen atoms in total. The fraction of sp³-hybridized carbons (Fsp3) is 0.250. The lowest BCUT2D eigenvalue weighted by molar-refractivity contribution is -0.516. The van der Waals surface area contributed by atoms with Gasteiger partial charge in [0.05, 0.1) is 39.2 Å². The van der Waals surface area contributed by atoms with E-state index in [0.717, 1.165) is 62.7 Å². The van der Waals surface area contributed by atoms with Gasteiger partial charge in [-0.15, -0.1) is 0 Å². The van der Waals surface area contributed by atoms with Crippen LogP contribution in [0, 0.1) is 6.92 Å². The summed E-state index contributed by atoms with van der Waals surface area (Å²) in [5.74, 6) is 1.76. The summed E-state index contributed by atoms with van der Waals surface area (Å²) < 4.78 is 55.6. The molecule has 0 saturated heterocycles. The Hall–Kier alpha value is -3.83. The minimum atomic E-state index is -4.82. The van der Waals surface area contributed by atoms with Gasteiger partial charge in [-0.25, -0.2) is 8.42 Å². The van der Waals surface area contributed by atoms with Crippen LogP contribution in [0.3, 0.4) is 0 Å². The number of carbonyl (C=O) groups is 1. The maximum atomic E-state index is 9.66. The molecule has 0 atom stereocenters. The van der Waals surface area contributed by atoms with Gasteiger partial charge in [-0.05, 0) is 35.0 Å². The van der Waals surface area contributed by atoms with Crippen LogP contribution in [0.5, 0.6) is 23.0 Å². The lowest BCUT2D eigenvalue weighted by Gasteiger charge is -2.11. The lowest BCUT2D eigenvalue weighted by atomic mass is 10.1. The molecule has 0 unspecified atom stereocenters. The number of nitrogens with zero attached hydrogens (tertiary/aromatic N) is 1. The fourth-order valence-corrected chi connectivity index (χ4v) is 4.04. The molecular formula is C24H25NO9S. The van der Waals surface area contributed by atoms with Crippen molar-refractivity contribution in [3.05, 3.63) is 48.3 Å². The molecule has 186 valence electrons. The van der Waals surface area contributed by atoms with E-state index in [1.807, 2.05) is 24.3 Å². The molecule has 0 N–H and O–H groups in total. The average molecular weight is 504 g/mol. The van der Waals surface area contributed by atoms with E-state index in [0.29, 0.717) is 0 Å². The van der Waals surface area contributed by atoms with Gasteiger partial charge in [-0.1, -0.05) is 0 Å². The summed E-state index contributed by atoms with van der Waals surface area (Å²) in [6.45, 7) is 2.93. The van der Waals surface area contributed by atoms with E-state index in [4.69, 9.17) is 18.9 Å². The Kier molecular flexibility index (Phi) is 7.51. The highest BCUT2D eigenvalue weighted by molar-refractivity contribution is 7.81. The highest BCUT2D eigenvalue weighted by Crippen LogP contribution is 2.35. The van der Waals surface area contributed by atoms with Crippen LogP contribution in [0.15, 0.2) is 42.6 Å². The van der Waals surface area contributed by atoms with Crippen molar-refractivity contribution in [1.82, 2.24) is 0 Å². The second-order valence-electron chi connectivity index (χ2n) is 7.41. The lowest BCUT2D eigenvalue weighted by Crippen LogP contribution is -2.25. The molecule has 4 aromatic rings. The van der Waals surface area contributed by atoms with Crippen molar-refractivity contribution in [2.24, 2.45) is 0 Å². The smallest absolute Gasteiger partial charge is 0.318 e. The molecule has 0 aliphatic heterocycles. The zero-order valence-electron chi connectivity index (χ0n) is 20.1. The minimum Gasteiger partial charge on any atom is -0.716 e. The second-order valence-corrected chi connectivity index (χ2v) is 8.39. The Morgan fingerprint density at radius 2 is 1.23 bits per heavy atom. The first-order valence-electron chi connectivity index (χ1n) is 10.2. The maximum Gasteiger partial charge on any atom is 0.318 e. The van der Waals surface area contributed by atoms with Crippen molar-refractivity contribution in [3.63, 3.8) is 0 Å². The van der Waals surface area contributed by atoms with Crippen molar-refractivity contribution in [3.8, 4) is 23.0 Å². The summed E-state index contributed by atoms with van der Waals surface area (Å²) in [7, 11) is 1.78. The first-order chi connectivity index (χ1) is 16.5. The third-order valence-electron chi connectivity index (χ3n) is 5.27. The van der Waals surface area contributed by atoms with E-state index >= 15 is 0 Å². The van der Waals surface area contributed by atoms with Crippen LogP contribution >= 0.6 is 0 Å². The Labute approximate surface area is 202 Å². The van der Waals surface area contributed by atoms with Gasteiger partial charge in [0.2, 0.25) is 5.52 Å². The Morgan fingerprint density at radius 1 is 0.771 bits per heavy atom. The van der Waals surface area contributed by atoms with Gasteiger partial charge in [0.25, 0.3) is 10.4 Å². The Morgan fingerprint density at radius 3 is 1.69 bits per heavy atom. The third-order valence-corrected chi connectivity index (χ3v) is 5.71. The number of carbonyl (C=O) groups excluding carboxylic acids is 1. The molecule has 0 bridgehead atoms. The molecule has 0 fully saturated rings. The second kappa shape index (κ2) is 10.2. The molecule has 0 aliphatic rings. The highest BCUT2D eigenvalue weighted by atomic mass is 32.3. The summed E-state index contributed by atoms with van der Waals surface area (Å²) in [6.07, 6.45) is 2.12. The molecule has 0 amide bonds. The topological polar surface area (TPSA) is 125 Å². The van der Waals surface area contributed by atoms with E-state index < -0.39 is 16.4 Å². The summed E-state index contributed by atoms with van der Waals surface area (Å²) in [5, 5.41) is 4.38. The quantitative estimate of drug-likeness (QED) is 0.175. The highest BCUT2D eigenvalue weighted by Gasteiger charge is 2.18. The van der Waals surface area contributed by atoms with Gasteiger partial charge in [0, 0.05) is 26.0 Å². The Bertz CT molecular complexity index is 1530. The molecule has 0 aliphatic carbocycles. The molecule has 0 saturated carbocycles. The number of rotatable bonds is 5. The van der Waals surface area contributed by atoms with Gasteiger partial charge >= 0.3 is 5.97 Å². The normalized spacial score (nSPS) is 11.1. The van der Waals surface area contributed by atoms with Crippen LogP contribution in [-0.4, -0.2) is 47.4 Å². The van der Waals surface area contributed by atoms with Crippen LogP contribution in [0.25, 0.3) is 27.1 Å². The third kappa shape index (κ3) is 5.64. The summed E-state index contributed by atoms with van der Waals surface area (Å²) in [5.41, 5.74) is 2.21. The maximum absolute atomic E-state index is 9.66. The minimum absolute atomic E-state index is 0.717. The SMILES string of the molecule is CC(=O)OS(=O)(=O)[O-].COc1cc2cc3cc4cc(OC)c(OC)cc4c(C)[n+]3cc2cc1OC. The molecule has 2 aromatic carbocycles. The number of pyridine rings is 2. The van der Waals surface area contributed by atoms with Crippen LogP contribution in [0.4, 0.5) is 0 Å². The number of fused-ring (bicyclic) bond motifs is 3. The Balaban J connectivity index is 0.000000371. The van der Waals surface area contributed by atoms with Crippen molar-refractivity contribution in [1.29, 1.82) is 0 Å². The number of aryl methyl sites for hydroxylation is 1. The number of ether oxygens (including phenoxy) is 4. The first kappa shape index (κ1) is 25.8. The van der Waals surface area contributed by atoms with Gasteiger partial charge in [-0.3, -0.25) is 4.79 Å². The monoisotopic (exact) mass is 503 g/mol. The van der Waals surface area contributed by atoms with Crippen LogP contribution in [-0.2, 0) is 19.4 Å². The number of aromatic nitrogens is 1. The van der Waals surface area contributed by atoms with E-state index in [-0.39, 0.29) is 0 Å². The summed E-state index contributed by atoms with van der Waals surface area (Å²) >= 11 is 0. The standard InChI is InChI=1S/C22H22NO4.C2H4O5S/c1-13-18-11-22(27-5)20(25-3)9-15(18)7-17-6-14-8-19(24-2)21(26-4)10-16(14)12-23(13)17;1-2(3)7-8(4,5)6/h6-12H,1-5H3;1H3,(H,4,5,6)/q+1;/p-1. The van der Waals surface area contributed by atoms with Crippen molar-refractivity contribution < 1.29 is 45.3 Å². The van der Waals surface area contributed by atoms with Gasteiger partial charge in [0.15, 0.2) is 34.9 Å². The molecule has 4 rings (SSSR count). The van der Waals surface area contributed by atoms with E-state index in [1.165, 1.54) is 0 Å². The fourth-order valence-electron chi connectivity index (χ4n) is 3.75. The largest absolute Gasteiger partial charge is 0.716 e. The van der Waals surface area contributed by atoms with Crippen molar-refractivity contribution in [2.75, 3.05) is 28.4 Å². The molecule has 35 heavy (non-hydrogen) atoms. The predicted octanol–water partition coefficient (Wildman–Crippen LogP) is 3.08. The van der Waals surface area contributed by atoms with E-state index in [9.17, 15) is 17.8 Å². The molecular weight excluding hydrogens is 478 g/mol. The average Bonchev–Trinajstić information content (AvgIpc) is 2.80. The molecule has 2 aromatic heterocycles. The summed E-state index contributed by atoms with van der Waals surface area (Å²) in [6, 6.07) is 12.3. The van der Waals surface area contributed by atoms with Crippen molar-refractivity contribution >= 4 is 43.4 Å². The number of methoxy groups -OCH3 is 4. The van der Waals surface area contributed by atoms with Crippen molar-refractivity contribution in [2.45, 2.75) is 13.8 Å². The van der Waals surface area contributed by atoms with E-state index in [2.05, 4.69) is 33.8 Å². The van der Waals surface area contributed by atoms with Gasteiger partial charge in [-0.2, -0.15) is 4.40 Å². The molecule has 0 spiro atoms. The molecule has 0 radical (unpaired) electrons. The molecule has 11 heteroatoms. The number of benzene rings is 2. The summed E-state index contributed by atoms with van der Waals surface area (Å²) in [4.78, 5) is 9.66. The van der Waals surface area contributed by atoms with Gasteiger partial charge < -0.3 is 27.7 Å². The zero-order valence-corrected chi connectivity index (χ0v) is 20.9. The number of hydrogen-bond acceptors (Lipinski definition) is 9. The van der Waals surface area contributed by atoms with Crippen LogP contribution < -0.4 is 23.3 Å². The van der Waals surface area contributed by atoms with Crippen LogP contribution in [0.2, 0.25) is 0 Å². The van der Waals surface area contributed by atoms with Crippen LogP contribution in [0.1, 0.15) is 12.6 Å². The van der Waals surface area contributed by atoms with E-state index in [1.54, 1.807) is 28.4 Å². The predicted molar refractivity (Wildman–Crippen MR) is 127 cm³/mol.